The summed E-state index contributed by atoms with van der Waals surface area (Å²) in [4.78, 5) is 23.8. The van der Waals surface area contributed by atoms with Crippen LogP contribution in [0.25, 0.3) is 5.57 Å². The lowest BCUT2D eigenvalue weighted by Gasteiger charge is -2.30. The van der Waals surface area contributed by atoms with Crippen LogP contribution in [0.15, 0.2) is 30.3 Å². The van der Waals surface area contributed by atoms with Gasteiger partial charge in [0.15, 0.2) is 5.78 Å². The minimum absolute atomic E-state index is 0.0984. The van der Waals surface area contributed by atoms with Crippen molar-refractivity contribution >= 4 is 17.3 Å². The molecule has 0 aliphatic heterocycles. The minimum atomic E-state index is -0.633. The van der Waals surface area contributed by atoms with Crippen LogP contribution in [-0.4, -0.2) is 18.9 Å². The van der Waals surface area contributed by atoms with E-state index in [2.05, 4.69) is 0 Å². The molecule has 1 atom stereocenters. The van der Waals surface area contributed by atoms with Gasteiger partial charge in [-0.15, -0.1) is 0 Å². The van der Waals surface area contributed by atoms with Crippen LogP contribution in [-0.2, 0) is 20.7 Å². The van der Waals surface area contributed by atoms with Gasteiger partial charge in [0.25, 0.3) is 0 Å². The molecule has 92 valence electrons. The van der Waals surface area contributed by atoms with Crippen molar-refractivity contribution < 1.29 is 14.3 Å². The first-order valence-corrected chi connectivity index (χ1v) is 6.09. The maximum Gasteiger partial charge on any atom is 0.316 e. The second-order valence-corrected chi connectivity index (χ2v) is 4.93. The summed E-state index contributed by atoms with van der Waals surface area (Å²) in [5.74, 6) is -0.126. The standard InChI is InChI=1S/C15H14O3/c1-18-14(17)15-7-6-11(16)8-13(15)12-5-3-2-4-10(12)9-15/h2-5,8H,6-7,9H2,1H3/t15-/m1/s1. The lowest BCUT2D eigenvalue weighted by molar-refractivity contribution is -0.149. The summed E-state index contributed by atoms with van der Waals surface area (Å²) in [5, 5.41) is 0. The predicted molar refractivity (Wildman–Crippen MR) is 66.8 cm³/mol. The zero-order valence-corrected chi connectivity index (χ0v) is 10.2. The second kappa shape index (κ2) is 3.80. The third kappa shape index (κ3) is 1.37. The third-order valence-electron chi connectivity index (χ3n) is 3.99. The van der Waals surface area contributed by atoms with Crippen molar-refractivity contribution in [2.75, 3.05) is 7.11 Å². The summed E-state index contributed by atoms with van der Waals surface area (Å²) in [6.45, 7) is 0. The van der Waals surface area contributed by atoms with Crippen molar-refractivity contribution in [3.05, 3.63) is 41.5 Å². The van der Waals surface area contributed by atoms with Gasteiger partial charge >= 0.3 is 5.97 Å². The summed E-state index contributed by atoms with van der Waals surface area (Å²) in [7, 11) is 1.41. The molecule has 0 unspecified atom stereocenters. The molecular formula is C15H14O3. The van der Waals surface area contributed by atoms with E-state index in [9.17, 15) is 9.59 Å². The maximum atomic E-state index is 12.2. The minimum Gasteiger partial charge on any atom is -0.468 e. The summed E-state index contributed by atoms with van der Waals surface area (Å²) in [6, 6.07) is 7.89. The number of hydrogen-bond acceptors (Lipinski definition) is 3. The largest absolute Gasteiger partial charge is 0.468 e. The molecule has 2 aliphatic rings. The monoisotopic (exact) mass is 242 g/mol. The number of fused-ring (bicyclic) bond motifs is 3. The first-order chi connectivity index (χ1) is 8.67. The molecule has 1 aromatic rings. The molecule has 3 nitrogen and oxygen atoms in total. The van der Waals surface area contributed by atoms with Crippen LogP contribution >= 0.6 is 0 Å². The van der Waals surface area contributed by atoms with Crippen molar-refractivity contribution in [3.63, 3.8) is 0 Å². The van der Waals surface area contributed by atoms with E-state index in [1.165, 1.54) is 7.11 Å². The molecule has 0 fully saturated rings. The van der Waals surface area contributed by atoms with Gasteiger partial charge in [-0.05, 0) is 35.6 Å². The Kier molecular flexibility index (Phi) is 2.37. The Labute approximate surface area is 105 Å². The highest BCUT2D eigenvalue weighted by Gasteiger charge is 2.50. The molecule has 0 N–H and O–H groups in total. The van der Waals surface area contributed by atoms with Crippen LogP contribution in [0.2, 0.25) is 0 Å². The van der Waals surface area contributed by atoms with E-state index < -0.39 is 5.41 Å². The molecule has 1 aromatic carbocycles. The SMILES string of the molecule is COC(=O)[C@@]12CCC(=O)C=C1c1ccccc1C2. The van der Waals surface area contributed by atoms with Gasteiger partial charge in [0.1, 0.15) is 0 Å². The molecule has 0 spiro atoms. The fourth-order valence-corrected chi connectivity index (χ4v) is 3.10. The van der Waals surface area contributed by atoms with Crippen LogP contribution in [0.1, 0.15) is 24.0 Å². The lowest BCUT2D eigenvalue weighted by Crippen LogP contribution is -2.35. The topological polar surface area (TPSA) is 43.4 Å². The Morgan fingerprint density at radius 3 is 2.89 bits per heavy atom. The Balaban J connectivity index is 2.20. The average Bonchev–Trinajstić information content (AvgIpc) is 2.73. The molecule has 18 heavy (non-hydrogen) atoms. The van der Waals surface area contributed by atoms with E-state index in [0.717, 1.165) is 16.7 Å². The Morgan fingerprint density at radius 1 is 1.33 bits per heavy atom. The molecule has 3 heteroatoms. The lowest BCUT2D eigenvalue weighted by atomic mass is 9.72. The highest BCUT2D eigenvalue weighted by Crippen LogP contribution is 2.52. The van der Waals surface area contributed by atoms with Gasteiger partial charge in [-0.1, -0.05) is 24.3 Å². The van der Waals surface area contributed by atoms with Crippen LogP contribution in [0, 0.1) is 5.41 Å². The normalized spacial score (nSPS) is 25.2. The molecule has 0 bridgehead atoms. The molecule has 0 amide bonds. The Hall–Kier alpha value is -1.90. The summed E-state index contributed by atoms with van der Waals surface area (Å²) in [6.07, 6.45) is 3.26. The average molecular weight is 242 g/mol. The molecule has 0 aromatic heterocycles. The van der Waals surface area contributed by atoms with Crippen molar-refractivity contribution in [1.29, 1.82) is 0 Å². The van der Waals surface area contributed by atoms with Crippen LogP contribution in [0.5, 0.6) is 0 Å². The Morgan fingerprint density at radius 2 is 2.11 bits per heavy atom. The number of ketones is 1. The van der Waals surface area contributed by atoms with Crippen molar-refractivity contribution in [1.82, 2.24) is 0 Å². The second-order valence-electron chi connectivity index (χ2n) is 4.93. The van der Waals surface area contributed by atoms with Crippen molar-refractivity contribution in [3.8, 4) is 0 Å². The zero-order chi connectivity index (χ0) is 12.8. The number of allylic oxidation sites excluding steroid dienone is 1. The summed E-state index contributed by atoms with van der Waals surface area (Å²) < 4.78 is 4.97. The number of hydrogen-bond donors (Lipinski definition) is 0. The number of carbonyl (C=O) groups is 2. The first kappa shape index (κ1) is 11.2. The van der Waals surface area contributed by atoms with Gasteiger partial charge in [0.2, 0.25) is 0 Å². The van der Waals surface area contributed by atoms with Gasteiger partial charge in [0.05, 0.1) is 12.5 Å². The number of benzene rings is 1. The van der Waals surface area contributed by atoms with Crippen LogP contribution in [0.4, 0.5) is 0 Å². The first-order valence-electron chi connectivity index (χ1n) is 6.09. The quantitative estimate of drug-likeness (QED) is 0.709. The van der Waals surface area contributed by atoms with Crippen LogP contribution < -0.4 is 0 Å². The number of ether oxygens (including phenoxy) is 1. The van der Waals surface area contributed by atoms with E-state index in [1.54, 1.807) is 6.08 Å². The van der Waals surface area contributed by atoms with Gasteiger partial charge in [0, 0.05) is 6.42 Å². The van der Waals surface area contributed by atoms with Gasteiger partial charge in [-0.2, -0.15) is 0 Å². The number of esters is 1. The number of rotatable bonds is 1. The molecule has 2 aliphatic carbocycles. The molecule has 0 saturated heterocycles. The Bertz CT molecular complexity index is 571. The van der Waals surface area contributed by atoms with E-state index >= 15 is 0 Å². The summed E-state index contributed by atoms with van der Waals surface area (Å²) in [5.41, 5.74) is 2.37. The maximum absolute atomic E-state index is 12.2. The van der Waals surface area contributed by atoms with E-state index in [0.29, 0.717) is 19.3 Å². The number of carbonyl (C=O) groups excluding carboxylic acids is 2. The molecule has 0 radical (unpaired) electrons. The van der Waals surface area contributed by atoms with E-state index in [-0.39, 0.29) is 11.8 Å². The van der Waals surface area contributed by atoms with Crippen molar-refractivity contribution in [2.45, 2.75) is 19.3 Å². The van der Waals surface area contributed by atoms with Gasteiger partial charge in [-0.3, -0.25) is 9.59 Å². The van der Waals surface area contributed by atoms with Crippen LogP contribution in [0.3, 0.4) is 0 Å². The fraction of sp³-hybridized carbons (Fsp3) is 0.333. The molecule has 3 rings (SSSR count). The number of methoxy groups -OCH3 is 1. The smallest absolute Gasteiger partial charge is 0.316 e. The predicted octanol–water partition coefficient (Wildman–Crippen LogP) is 2.15. The van der Waals surface area contributed by atoms with E-state index in [4.69, 9.17) is 4.74 Å². The third-order valence-corrected chi connectivity index (χ3v) is 3.99. The fourth-order valence-electron chi connectivity index (χ4n) is 3.10. The van der Waals surface area contributed by atoms with Gasteiger partial charge in [-0.25, -0.2) is 0 Å². The van der Waals surface area contributed by atoms with E-state index in [1.807, 2.05) is 24.3 Å². The molecule has 0 saturated carbocycles. The van der Waals surface area contributed by atoms with Gasteiger partial charge < -0.3 is 4.74 Å². The molecular weight excluding hydrogens is 228 g/mol. The zero-order valence-electron chi connectivity index (χ0n) is 10.2. The summed E-state index contributed by atoms with van der Waals surface area (Å²) >= 11 is 0. The van der Waals surface area contributed by atoms with Crippen molar-refractivity contribution in [2.24, 2.45) is 5.41 Å². The molecule has 0 heterocycles. The highest BCUT2D eigenvalue weighted by atomic mass is 16.5. The highest BCUT2D eigenvalue weighted by molar-refractivity contribution is 6.07.